The zero-order valence-corrected chi connectivity index (χ0v) is 26.1. The van der Waals surface area contributed by atoms with E-state index in [1.165, 1.54) is 6.92 Å². The predicted molar refractivity (Wildman–Crippen MR) is 160 cm³/mol. The molecule has 228 valence electrons. The van der Waals surface area contributed by atoms with Crippen LogP contribution >= 0.6 is 11.6 Å². The van der Waals surface area contributed by atoms with E-state index in [9.17, 15) is 14.4 Å². The summed E-state index contributed by atoms with van der Waals surface area (Å²) in [5, 5.41) is 3.44. The first kappa shape index (κ1) is 30.5. The second-order valence-electron chi connectivity index (χ2n) is 13.3. The first-order valence-electron chi connectivity index (χ1n) is 15.3. The molecule has 1 aromatic carbocycles. The highest BCUT2D eigenvalue weighted by molar-refractivity contribution is 6.31. The van der Waals surface area contributed by atoms with Crippen LogP contribution in [0, 0.1) is 17.3 Å². The molecule has 1 saturated heterocycles. The molecule has 3 heterocycles. The van der Waals surface area contributed by atoms with E-state index in [0.717, 1.165) is 56.2 Å². The molecule has 0 unspecified atom stereocenters. The average molecular weight is 599 g/mol. The lowest BCUT2D eigenvalue weighted by molar-refractivity contribution is -0.141. The summed E-state index contributed by atoms with van der Waals surface area (Å²) in [7, 11) is 0. The van der Waals surface area contributed by atoms with Crippen molar-refractivity contribution in [2.24, 2.45) is 17.3 Å². The van der Waals surface area contributed by atoms with E-state index in [0.29, 0.717) is 28.8 Å². The molecule has 9 nitrogen and oxygen atoms in total. The Morgan fingerprint density at radius 1 is 1.00 bits per heavy atom. The second-order valence-corrected chi connectivity index (χ2v) is 13.8. The fraction of sp³-hybridized carbons (Fsp3) is 0.656. The van der Waals surface area contributed by atoms with Gasteiger partial charge in [-0.3, -0.25) is 9.59 Å². The Morgan fingerprint density at radius 3 is 2.50 bits per heavy atom. The third-order valence-electron chi connectivity index (χ3n) is 9.13. The van der Waals surface area contributed by atoms with Crippen molar-refractivity contribution in [1.29, 1.82) is 0 Å². The van der Waals surface area contributed by atoms with E-state index < -0.39 is 29.7 Å². The van der Waals surface area contributed by atoms with Crippen LogP contribution in [0.2, 0.25) is 5.02 Å². The monoisotopic (exact) mass is 598 g/mol. The minimum absolute atomic E-state index is 0.131. The quantitative estimate of drug-likeness (QED) is 0.435. The number of benzene rings is 1. The molecule has 2 fully saturated rings. The molecular formula is C32H43ClN4O5. The Balaban J connectivity index is 1.52. The maximum atomic E-state index is 14.1. The van der Waals surface area contributed by atoms with Crippen molar-refractivity contribution in [2.45, 2.75) is 110 Å². The number of aromatic nitrogens is 2. The number of carbonyl (C=O) groups is 3. The van der Waals surface area contributed by atoms with Crippen LogP contribution < -0.4 is 10.1 Å². The van der Waals surface area contributed by atoms with Gasteiger partial charge in [-0.25, -0.2) is 14.8 Å². The molecule has 2 amide bonds. The molecule has 2 bridgehead atoms. The SMILES string of the molecule is CC(=O)[C@@H]1[C@H](C)[C@@H]2CN1C(=O)[C@H](C(C)(C)C)NC(=O)O[C@@H]1CCC[C@H]1CCCCCc1nc3ccc(Cl)cc3nc1O2. The van der Waals surface area contributed by atoms with Gasteiger partial charge in [-0.2, -0.15) is 0 Å². The molecule has 6 atom stereocenters. The number of amides is 2. The largest absolute Gasteiger partial charge is 0.471 e. The number of nitrogens with zero attached hydrogens (tertiary/aromatic N) is 3. The van der Waals surface area contributed by atoms with Crippen molar-refractivity contribution < 1.29 is 23.9 Å². The molecule has 1 N–H and O–H groups in total. The highest BCUT2D eigenvalue weighted by Gasteiger charge is 2.49. The molecule has 2 aromatic rings. The number of ether oxygens (including phenoxy) is 2. The van der Waals surface area contributed by atoms with E-state index in [4.69, 9.17) is 31.0 Å². The normalized spacial score (nSPS) is 29.5. The lowest BCUT2D eigenvalue weighted by Gasteiger charge is -2.35. The van der Waals surface area contributed by atoms with Crippen LogP contribution in [0.1, 0.15) is 85.3 Å². The summed E-state index contributed by atoms with van der Waals surface area (Å²) in [6.07, 6.45) is 6.30. The Kier molecular flexibility index (Phi) is 8.97. The minimum Gasteiger partial charge on any atom is -0.471 e. The number of hydrogen-bond donors (Lipinski definition) is 1. The molecule has 1 aromatic heterocycles. The van der Waals surface area contributed by atoms with Crippen LogP contribution in [0.25, 0.3) is 11.0 Å². The van der Waals surface area contributed by atoms with Gasteiger partial charge in [-0.05, 0) is 75.0 Å². The van der Waals surface area contributed by atoms with E-state index in [-0.39, 0.29) is 30.3 Å². The van der Waals surface area contributed by atoms with Gasteiger partial charge in [0.25, 0.3) is 0 Å². The molecule has 1 saturated carbocycles. The number of carbonyl (C=O) groups excluding carboxylic acids is 3. The van der Waals surface area contributed by atoms with Gasteiger partial charge in [0.1, 0.15) is 23.9 Å². The Hall–Kier alpha value is -2.94. The fourth-order valence-corrected chi connectivity index (χ4v) is 7.00. The fourth-order valence-electron chi connectivity index (χ4n) is 6.84. The van der Waals surface area contributed by atoms with Crippen molar-refractivity contribution >= 4 is 40.4 Å². The topological polar surface area (TPSA) is 111 Å². The van der Waals surface area contributed by atoms with E-state index >= 15 is 0 Å². The second kappa shape index (κ2) is 12.3. The van der Waals surface area contributed by atoms with Crippen LogP contribution in [0.5, 0.6) is 5.88 Å². The van der Waals surface area contributed by atoms with E-state index in [1.54, 1.807) is 17.0 Å². The standard InChI is InChI=1S/C32H43ClN4O5/c1-18-26-17-37(27(18)19(2)38)30(39)28(32(3,4)5)36-31(40)42-25-13-9-11-20(25)10-7-6-8-12-23-29(41-26)35-24-16-21(33)14-15-22(24)34-23/h14-16,18,20,25-28H,6-13,17H2,1-5H3,(H,36,40)/t18-,20-,25-,26+,27+,28-/m1/s1. The Bertz CT molecular complexity index is 1340. The summed E-state index contributed by atoms with van der Waals surface area (Å²) in [4.78, 5) is 51.6. The zero-order chi connectivity index (χ0) is 30.2. The number of Topliss-reactive ketones (excluding diaryl/α,β-unsaturated/α-hetero) is 1. The predicted octanol–water partition coefficient (Wildman–Crippen LogP) is 5.89. The van der Waals surface area contributed by atoms with Crippen molar-refractivity contribution in [2.75, 3.05) is 6.54 Å². The Labute approximate surface area is 253 Å². The van der Waals surface area contributed by atoms with Gasteiger partial charge in [-0.1, -0.05) is 52.1 Å². The molecular weight excluding hydrogens is 556 g/mol. The van der Waals surface area contributed by atoms with Crippen LogP contribution in [0.4, 0.5) is 4.79 Å². The molecule has 5 rings (SSSR count). The van der Waals surface area contributed by atoms with Crippen molar-refractivity contribution in [3.8, 4) is 5.88 Å². The maximum Gasteiger partial charge on any atom is 0.408 e. The summed E-state index contributed by atoms with van der Waals surface area (Å²) in [6, 6.07) is 3.86. The lowest BCUT2D eigenvalue weighted by atomic mass is 9.85. The van der Waals surface area contributed by atoms with Gasteiger partial charge < -0.3 is 19.7 Å². The summed E-state index contributed by atoms with van der Waals surface area (Å²) in [5.41, 5.74) is 1.53. The minimum atomic E-state index is -0.880. The highest BCUT2D eigenvalue weighted by Crippen LogP contribution is 2.35. The molecule has 42 heavy (non-hydrogen) atoms. The molecule has 1 aliphatic carbocycles. The highest BCUT2D eigenvalue weighted by atomic mass is 35.5. The average Bonchev–Trinajstić information content (AvgIpc) is 3.49. The maximum absolute atomic E-state index is 14.1. The summed E-state index contributed by atoms with van der Waals surface area (Å²) < 4.78 is 12.5. The van der Waals surface area contributed by atoms with Crippen LogP contribution in [0.15, 0.2) is 18.2 Å². The zero-order valence-electron chi connectivity index (χ0n) is 25.3. The first-order chi connectivity index (χ1) is 19.9. The van der Waals surface area contributed by atoms with Crippen molar-refractivity contribution in [3.63, 3.8) is 0 Å². The third-order valence-corrected chi connectivity index (χ3v) is 9.37. The van der Waals surface area contributed by atoms with Crippen molar-refractivity contribution in [3.05, 3.63) is 28.9 Å². The Morgan fingerprint density at radius 2 is 1.76 bits per heavy atom. The third kappa shape index (κ3) is 6.51. The van der Waals surface area contributed by atoms with Crippen LogP contribution in [-0.4, -0.2) is 63.5 Å². The molecule has 3 aliphatic rings. The van der Waals surface area contributed by atoms with Gasteiger partial charge in [0.2, 0.25) is 11.8 Å². The van der Waals surface area contributed by atoms with Crippen LogP contribution in [0.3, 0.4) is 0 Å². The van der Waals surface area contributed by atoms with E-state index in [2.05, 4.69) is 5.32 Å². The first-order valence-corrected chi connectivity index (χ1v) is 15.7. The summed E-state index contributed by atoms with van der Waals surface area (Å²) in [5.74, 6) is -0.0223. The number of nitrogens with one attached hydrogen (secondary N) is 1. The number of hydrogen-bond acceptors (Lipinski definition) is 7. The van der Waals surface area contributed by atoms with E-state index in [1.807, 2.05) is 33.8 Å². The smallest absolute Gasteiger partial charge is 0.408 e. The number of aryl methyl sites for hydroxylation is 1. The lowest BCUT2D eigenvalue weighted by Crippen LogP contribution is -2.57. The van der Waals surface area contributed by atoms with Gasteiger partial charge in [0.05, 0.1) is 23.6 Å². The number of alkyl carbamates (subject to hydrolysis) is 1. The number of fused-ring (bicyclic) bond motifs is 5. The number of halogens is 1. The van der Waals surface area contributed by atoms with Gasteiger partial charge in [0.15, 0.2) is 5.78 Å². The van der Waals surface area contributed by atoms with Gasteiger partial charge in [-0.15, -0.1) is 0 Å². The van der Waals surface area contributed by atoms with Crippen molar-refractivity contribution in [1.82, 2.24) is 20.2 Å². The van der Waals surface area contributed by atoms with Crippen LogP contribution in [-0.2, 0) is 20.7 Å². The number of rotatable bonds is 1. The number of ketones is 1. The summed E-state index contributed by atoms with van der Waals surface area (Å²) >= 11 is 6.26. The molecule has 2 aliphatic heterocycles. The molecule has 0 spiro atoms. The van der Waals surface area contributed by atoms with Gasteiger partial charge >= 0.3 is 6.09 Å². The summed E-state index contributed by atoms with van der Waals surface area (Å²) in [6.45, 7) is 9.31. The van der Waals surface area contributed by atoms with Gasteiger partial charge in [0, 0.05) is 10.9 Å². The molecule has 10 heteroatoms. The molecule has 0 radical (unpaired) electrons.